The van der Waals surface area contributed by atoms with Crippen molar-refractivity contribution < 1.29 is 4.79 Å². The van der Waals surface area contributed by atoms with Gasteiger partial charge in [0.15, 0.2) is 6.29 Å². The van der Waals surface area contributed by atoms with Gasteiger partial charge >= 0.3 is 0 Å². The normalized spacial score (nSPS) is 11.4. The lowest BCUT2D eigenvalue weighted by atomic mass is 9.95. The van der Waals surface area contributed by atoms with Crippen LogP contribution in [0.15, 0.2) is 42.9 Å². The molecule has 1 aromatic heterocycles. The summed E-state index contributed by atoms with van der Waals surface area (Å²) in [6.07, 6.45) is 6.15. The molecule has 0 spiro atoms. The van der Waals surface area contributed by atoms with Crippen LogP contribution in [0.4, 0.5) is 0 Å². The number of imidazole rings is 1. The number of carbonyl (C=O) groups excluding carboxylic acids is 1. The lowest BCUT2D eigenvalue weighted by molar-refractivity contribution is 0.110. The zero-order chi connectivity index (χ0) is 13.0. The van der Waals surface area contributed by atoms with Crippen LogP contribution in [-0.4, -0.2) is 15.8 Å². The molecule has 18 heavy (non-hydrogen) atoms. The zero-order valence-electron chi connectivity index (χ0n) is 10.8. The standard InChI is InChI=1S/C15H18N2O/c1-15(2,17-12-16-10-14(17)11-18)9-8-13-6-4-3-5-7-13/h3-7,10-12H,8-9H2,1-2H3. The Labute approximate surface area is 107 Å². The Morgan fingerprint density at radius 2 is 2.00 bits per heavy atom. The first-order valence-electron chi connectivity index (χ1n) is 6.15. The predicted octanol–water partition coefficient (Wildman–Crippen LogP) is 3.06. The fraction of sp³-hybridized carbons (Fsp3) is 0.333. The number of hydrogen-bond donors (Lipinski definition) is 0. The van der Waals surface area contributed by atoms with Gasteiger partial charge in [0, 0.05) is 5.54 Å². The molecule has 0 aliphatic rings. The number of aromatic nitrogens is 2. The Morgan fingerprint density at radius 1 is 1.28 bits per heavy atom. The summed E-state index contributed by atoms with van der Waals surface area (Å²) in [4.78, 5) is 15.0. The van der Waals surface area contributed by atoms with Gasteiger partial charge in [-0.2, -0.15) is 0 Å². The van der Waals surface area contributed by atoms with Crippen molar-refractivity contribution in [3.8, 4) is 0 Å². The molecule has 2 aromatic rings. The Kier molecular flexibility index (Phi) is 3.60. The maximum absolute atomic E-state index is 10.9. The molecule has 0 N–H and O–H groups in total. The zero-order valence-corrected chi connectivity index (χ0v) is 10.8. The van der Waals surface area contributed by atoms with Crippen molar-refractivity contribution in [2.24, 2.45) is 0 Å². The highest BCUT2D eigenvalue weighted by molar-refractivity contribution is 5.71. The molecule has 0 amide bonds. The van der Waals surface area contributed by atoms with Gasteiger partial charge in [-0.15, -0.1) is 0 Å². The topological polar surface area (TPSA) is 34.9 Å². The number of aldehydes is 1. The minimum atomic E-state index is -0.109. The maximum atomic E-state index is 10.9. The van der Waals surface area contributed by atoms with Gasteiger partial charge in [-0.05, 0) is 32.3 Å². The van der Waals surface area contributed by atoms with Gasteiger partial charge in [-0.1, -0.05) is 30.3 Å². The molecule has 94 valence electrons. The van der Waals surface area contributed by atoms with Gasteiger partial charge in [-0.25, -0.2) is 4.98 Å². The molecule has 0 fully saturated rings. The largest absolute Gasteiger partial charge is 0.323 e. The molecule has 0 atom stereocenters. The van der Waals surface area contributed by atoms with E-state index in [2.05, 4.69) is 43.1 Å². The average Bonchev–Trinajstić information content (AvgIpc) is 2.87. The summed E-state index contributed by atoms with van der Waals surface area (Å²) in [7, 11) is 0. The molecule has 3 nitrogen and oxygen atoms in total. The molecule has 1 aromatic carbocycles. The summed E-state index contributed by atoms with van der Waals surface area (Å²) in [5.41, 5.74) is 1.84. The van der Waals surface area contributed by atoms with Crippen LogP contribution >= 0.6 is 0 Å². The van der Waals surface area contributed by atoms with Gasteiger partial charge in [-0.3, -0.25) is 4.79 Å². The second-order valence-corrected chi connectivity index (χ2v) is 5.10. The van der Waals surface area contributed by atoms with Crippen LogP contribution in [0, 0.1) is 0 Å². The van der Waals surface area contributed by atoms with Crippen LogP contribution in [0.2, 0.25) is 0 Å². The summed E-state index contributed by atoms with van der Waals surface area (Å²) in [5, 5.41) is 0. The van der Waals surface area contributed by atoms with Crippen molar-refractivity contribution in [3.63, 3.8) is 0 Å². The van der Waals surface area contributed by atoms with E-state index in [1.165, 1.54) is 5.56 Å². The number of rotatable bonds is 5. The first kappa shape index (κ1) is 12.6. The number of carbonyl (C=O) groups is 1. The third-order valence-electron chi connectivity index (χ3n) is 3.31. The van der Waals surface area contributed by atoms with Crippen molar-refractivity contribution in [1.82, 2.24) is 9.55 Å². The highest BCUT2D eigenvalue weighted by atomic mass is 16.1. The van der Waals surface area contributed by atoms with Gasteiger partial charge in [0.1, 0.15) is 5.69 Å². The van der Waals surface area contributed by atoms with Gasteiger partial charge in [0.2, 0.25) is 0 Å². The minimum absolute atomic E-state index is 0.109. The Hall–Kier alpha value is -1.90. The molecule has 3 heteroatoms. The molecule has 1 heterocycles. The first-order chi connectivity index (χ1) is 8.63. The van der Waals surface area contributed by atoms with Crippen molar-refractivity contribution >= 4 is 6.29 Å². The third kappa shape index (κ3) is 2.67. The summed E-state index contributed by atoms with van der Waals surface area (Å²) in [6, 6.07) is 10.4. The quantitative estimate of drug-likeness (QED) is 0.755. The average molecular weight is 242 g/mol. The van der Waals surface area contributed by atoms with Crippen LogP contribution in [0.3, 0.4) is 0 Å². The second kappa shape index (κ2) is 5.17. The van der Waals surface area contributed by atoms with Crippen molar-refractivity contribution in [2.45, 2.75) is 32.2 Å². The summed E-state index contributed by atoms with van der Waals surface area (Å²) in [5.74, 6) is 0. The number of benzene rings is 1. The monoisotopic (exact) mass is 242 g/mol. The fourth-order valence-electron chi connectivity index (χ4n) is 2.11. The first-order valence-corrected chi connectivity index (χ1v) is 6.15. The molecular formula is C15H18N2O. The molecule has 0 aliphatic heterocycles. The van der Waals surface area contributed by atoms with Gasteiger partial charge < -0.3 is 4.57 Å². The molecule has 2 rings (SSSR count). The minimum Gasteiger partial charge on any atom is -0.323 e. The van der Waals surface area contributed by atoms with Crippen molar-refractivity contribution in [1.29, 1.82) is 0 Å². The van der Waals surface area contributed by atoms with Crippen molar-refractivity contribution in [2.75, 3.05) is 0 Å². The van der Waals surface area contributed by atoms with Crippen LogP contribution in [0.5, 0.6) is 0 Å². The highest BCUT2D eigenvalue weighted by Gasteiger charge is 2.22. The molecule has 0 aliphatic carbocycles. The summed E-state index contributed by atoms with van der Waals surface area (Å²) < 4.78 is 1.95. The van der Waals surface area contributed by atoms with E-state index in [-0.39, 0.29) is 5.54 Å². The van der Waals surface area contributed by atoms with Crippen LogP contribution in [0.1, 0.15) is 36.3 Å². The summed E-state index contributed by atoms with van der Waals surface area (Å²) >= 11 is 0. The van der Waals surface area contributed by atoms with Crippen molar-refractivity contribution in [3.05, 3.63) is 54.1 Å². The molecular weight excluding hydrogens is 224 g/mol. The second-order valence-electron chi connectivity index (χ2n) is 5.10. The number of hydrogen-bond acceptors (Lipinski definition) is 2. The predicted molar refractivity (Wildman–Crippen MR) is 71.7 cm³/mol. The van der Waals surface area contributed by atoms with E-state index in [1.54, 1.807) is 12.5 Å². The van der Waals surface area contributed by atoms with Gasteiger partial charge in [0.05, 0.1) is 12.5 Å². The third-order valence-corrected chi connectivity index (χ3v) is 3.31. The van der Waals surface area contributed by atoms with Gasteiger partial charge in [0.25, 0.3) is 0 Å². The highest BCUT2D eigenvalue weighted by Crippen LogP contribution is 2.23. The molecule has 0 radical (unpaired) electrons. The molecule has 0 bridgehead atoms. The van der Waals surface area contributed by atoms with E-state index < -0.39 is 0 Å². The molecule has 0 saturated carbocycles. The van der Waals surface area contributed by atoms with E-state index >= 15 is 0 Å². The van der Waals surface area contributed by atoms with Crippen LogP contribution in [-0.2, 0) is 12.0 Å². The van der Waals surface area contributed by atoms with Crippen LogP contribution in [0.25, 0.3) is 0 Å². The van der Waals surface area contributed by atoms with E-state index in [9.17, 15) is 4.79 Å². The maximum Gasteiger partial charge on any atom is 0.168 e. The number of nitrogens with zero attached hydrogens (tertiary/aromatic N) is 2. The lowest BCUT2D eigenvalue weighted by Gasteiger charge is -2.27. The molecule has 0 saturated heterocycles. The lowest BCUT2D eigenvalue weighted by Crippen LogP contribution is -2.28. The summed E-state index contributed by atoms with van der Waals surface area (Å²) in [6.45, 7) is 4.26. The Morgan fingerprint density at radius 3 is 2.67 bits per heavy atom. The Balaban J connectivity index is 2.10. The molecule has 0 unspecified atom stereocenters. The van der Waals surface area contributed by atoms with E-state index in [0.717, 1.165) is 19.1 Å². The van der Waals surface area contributed by atoms with E-state index in [4.69, 9.17) is 0 Å². The number of aryl methyl sites for hydroxylation is 1. The Bertz CT molecular complexity index is 514. The SMILES string of the molecule is CC(C)(CCc1ccccc1)n1cncc1C=O. The van der Waals surface area contributed by atoms with E-state index in [0.29, 0.717) is 5.69 Å². The van der Waals surface area contributed by atoms with E-state index in [1.807, 2.05) is 10.6 Å². The van der Waals surface area contributed by atoms with Crippen LogP contribution < -0.4 is 0 Å². The smallest absolute Gasteiger partial charge is 0.168 e. The fourth-order valence-corrected chi connectivity index (χ4v) is 2.11.